The third-order valence-corrected chi connectivity index (χ3v) is 7.86. The van der Waals surface area contributed by atoms with Gasteiger partial charge in [-0.05, 0) is 43.5 Å². The fourth-order valence-corrected chi connectivity index (χ4v) is 5.49. The van der Waals surface area contributed by atoms with Crippen molar-refractivity contribution in [3.05, 3.63) is 92.9 Å². The van der Waals surface area contributed by atoms with Crippen LogP contribution in [0.4, 0.5) is 0 Å². The van der Waals surface area contributed by atoms with Crippen LogP contribution in [0.1, 0.15) is 30.9 Å². The minimum Gasteiger partial charge on any atom is -0.296 e. The maximum Gasteiger partial charge on any atom is 0.331 e. The Kier molecular flexibility index (Phi) is 5.29. The summed E-state index contributed by atoms with van der Waals surface area (Å²) in [5.74, 6) is 0. The number of fused-ring (bicyclic) bond motifs is 1. The van der Waals surface area contributed by atoms with E-state index < -0.39 is 26.8 Å². The molecule has 4 aromatic rings. The molecule has 0 saturated heterocycles. The van der Waals surface area contributed by atoms with Gasteiger partial charge in [-0.1, -0.05) is 30.3 Å². The van der Waals surface area contributed by atoms with Crippen LogP contribution in [0.2, 0.25) is 0 Å². The monoisotopic (exact) mass is 479 g/mol. The smallest absolute Gasteiger partial charge is 0.296 e. The van der Waals surface area contributed by atoms with Gasteiger partial charge in [-0.25, -0.2) is 17.9 Å². The van der Waals surface area contributed by atoms with E-state index in [9.17, 15) is 18.0 Å². The van der Waals surface area contributed by atoms with Crippen LogP contribution in [0.5, 0.6) is 0 Å². The lowest BCUT2D eigenvalue weighted by Crippen LogP contribution is -2.39. The molecule has 10 heteroatoms. The molecule has 0 amide bonds. The molecule has 2 aromatic heterocycles. The molecule has 5 rings (SSSR count). The Morgan fingerprint density at radius 2 is 1.76 bits per heavy atom. The summed E-state index contributed by atoms with van der Waals surface area (Å²) in [6, 6.07) is 14.1. The van der Waals surface area contributed by atoms with E-state index in [0.717, 1.165) is 23.0 Å². The minimum atomic E-state index is -3.78. The molecule has 9 nitrogen and oxygen atoms in total. The molecule has 0 spiro atoms. The normalized spacial score (nSPS) is 15.0. The van der Waals surface area contributed by atoms with Gasteiger partial charge in [0.25, 0.3) is 5.56 Å². The average molecular weight is 480 g/mol. The van der Waals surface area contributed by atoms with E-state index in [1.807, 2.05) is 37.3 Å². The number of hydrogen-bond acceptors (Lipinski definition) is 5. The highest BCUT2D eigenvalue weighted by Crippen LogP contribution is 2.36. The lowest BCUT2D eigenvalue weighted by Gasteiger charge is -2.14. The summed E-state index contributed by atoms with van der Waals surface area (Å²) < 4.78 is 32.6. The Balaban J connectivity index is 1.50. The molecule has 0 atom stereocenters. The predicted molar refractivity (Wildman–Crippen MR) is 128 cm³/mol. The molecule has 0 unspecified atom stereocenters. The second-order valence-corrected chi connectivity index (χ2v) is 10.8. The number of hydrogen-bond donors (Lipinski definition) is 1. The number of sulfonamides is 1. The van der Waals surface area contributed by atoms with E-state index >= 15 is 0 Å². The van der Waals surface area contributed by atoms with Gasteiger partial charge in [0.2, 0.25) is 10.0 Å². The first-order valence-electron chi connectivity index (χ1n) is 11.0. The topological polar surface area (TPSA) is 108 Å². The molecule has 1 aliphatic carbocycles. The van der Waals surface area contributed by atoms with Crippen LogP contribution in [0.25, 0.3) is 10.9 Å². The van der Waals surface area contributed by atoms with Crippen LogP contribution >= 0.6 is 0 Å². The van der Waals surface area contributed by atoms with Gasteiger partial charge in [0, 0.05) is 24.3 Å². The number of aryl methyl sites for hydroxylation is 1. The summed E-state index contributed by atoms with van der Waals surface area (Å²) in [5, 5.41) is 4.51. The maximum absolute atomic E-state index is 13.3. The van der Waals surface area contributed by atoms with Gasteiger partial charge in [-0.3, -0.25) is 18.6 Å². The van der Waals surface area contributed by atoms with Gasteiger partial charge in [-0.2, -0.15) is 5.10 Å². The average Bonchev–Trinajstić information content (AvgIpc) is 3.36. The van der Waals surface area contributed by atoms with Gasteiger partial charge < -0.3 is 0 Å². The zero-order chi connectivity index (χ0) is 24.1. The van der Waals surface area contributed by atoms with E-state index in [-0.39, 0.29) is 16.8 Å². The fraction of sp³-hybridized carbons (Fsp3) is 0.292. The molecule has 1 fully saturated rings. The molecule has 1 saturated carbocycles. The molecule has 1 aliphatic rings. The number of aromatic nitrogens is 4. The summed E-state index contributed by atoms with van der Waals surface area (Å²) >= 11 is 0. The van der Waals surface area contributed by atoms with Crippen LogP contribution < -0.4 is 16.0 Å². The Labute approximate surface area is 196 Å². The highest BCUT2D eigenvalue weighted by molar-refractivity contribution is 7.89. The lowest BCUT2D eigenvalue weighted by molar-refractivity contribution is 0.558. The first kappa shape index (κ1) is 22.3. The Bertz CT molecular complexity index is 1610. The van der Waals surface area contributed by atoms with E-state index in [0.29, 0.717) is 17.6 Å². The summed E-state index contributed by atoms with van der Waals surface area (Å²) in [6.07, 6.45) is 4.97. The lowest BCUT2D eigenvalue weighted by atomic mass is 10.2. The van der Waals surface area contributed by atoms with E-state index in [1.165, 1.54) is 22.8 Å². The van der Waals surface area contributed by atoms with Gasteiger partial charge >= 0.3 is 5.69 Å². The van der Waals surface area contributed by atoms with Crippen molar-refractivity contribution in [2.75, 3.05) is 0 Å². The van der Waals surface area contributed by atoms with E-state index in [4.69, 9.17) is 0 Å². The molecule has 176 valence electrons. The van der Waals surface area contributed by atoms with Crippen molar-refractivity contribution < 1.29 is 8.42 Å². The van der Waals surface area contributed by atoms with Crippen LogP contribution in [0.3, 0.4) is 0 Å². The Hall–Kier alpha value is -3.50. The second kappa shape index (κ2) is 8.07. The van der Waals surface area contributed by atoms with E-state index in [2.05, 4.69) is 9.82 Å². The third-order valence-electron chi connectivity index (χ3n) is 6.23. The van der Waals surface area contributed by atoms with Crippen LogP contribution in [-0.4, -0.2) is 32.9 Å². The largest absolute Gasteiger partial charge is 0.331 e. The molecule has 2 aromatic carbocycles. The standard InChI is InChI=1S/C24H25N5O4S/c1-24(10-11-24)26-34(32,33)19-8-9-21-20(12-19)22(30)29(23(31)27(21)2)16-18-13-25-28(15-18)14-17-6-4-3-5-7-17/h3-9,12-13,15,26H,10-11,14,16H2,1-2H3. The zero-order valence-electron chi connectivity index (χ0n) is 18.9. The number of benzene rings is 2. The maximum atomic E-state index is 13.3. The van der Waals surface area contributed by atoms with Gasteiger partial charge in [0.1, 0.15) is 0 Å². The Morgan fingerprint density at radius 1 is 1.03 bits per heavy atom. The summed E-state index contributed by atoms with van der Waals surface area (Å²) in [6.45, 7) is 2.45. The Morgan fingerprint density at radius 3 is 2.47 bits per heavy atom. The van der Waals surface area contributed by atoms with Gasteiger partial charge in [0.05, 0.1) is 35.1 Å². The van der Waals surface area contributed by atoms with Crippen LogP contribution in [-0.2, 0) is 30.2 Å². The molecular formula is C24H25N5O4S. The SMILES string of the molecule is Cn1c(=O)n(Cc2cnn(Cc3ccccc3)c2)c(=O)c2cc(S(=O)(=O)NC3(C)CC3)ccc21. The fourth-order valence-electron chi connectivity index (χ4n) is 4.00. The summed E-state index contributed by atoms with van der Waals surface area (Å²) in [4.78, 5) is 26.2. The summed E-state index contributed by atoms with van der Waals surface area (Å²) in [7, 11) is -2.22. The number of rotatable bonds is 7. The molecular weight excluding hydrogens is 454 g/mol. The van der Waals surface area contributed by atoms with Crippen molar-refractivity contribution in [1.29, 1.82) is 0 Å². The third kappa shape index (κ3) is 4.22. The van der Waals surface area contributed by atoms with Crippen molar-refractivity contribution in [3.63, 3.8) is 0 Å². The molecule has 2 heterocycles. The van der Waals surface area contributed by atoms with Crippen LogP contribution in [0, 0.1) is 0 Å². The van der Waals surface area contributed by atoms with Crippen molar-refractivity contribution in [2.24, 2.45) is 7.05 Å². The predicted octanol–water partition coefficient (Wildman–Crippen LogP) is 1.82. The highest BCUT2D eigenvalue weighted by atomic mass is 32.2. The molecule has 0 bridgehead atoms. The first-order valence-corrected chi connectivity index (χ1v) is 12.5. The van der Waals surface area contributed by atoms with E-state index in [1.54, 1.807) is 24.1 Å². The quantitative estimate of drug-likeness (QED) is 0.435. The summed E-state index contributed by atoms with van der Waals surface area (Å²) in [5.41, 5.74) is 0.705. The molecule has 0 aliphatic heterocycles. The van der Waals surface area contributed by atoms with Crippen molar-refractivity contribution in [2.45, 2.75) is 43.3 Å². The van der Waals surface area contributed by atoms with Crippen molar-refractivity contribution in [1.82, 2.24) is 23.6 Å². The molecule has 0 radical (unpaired) electrons. The number of nitrogens with zero attached hydrogens (tertiary/aromatic N) is 4. The van der Waals surface area contributed by atoms with Gasteiger partial charge in [0.15, 0.2) is 0 Å². The minimum absolute atomic E-state index is 0.00565. The molecule has 1 N–H and O–H groups in total. The number of nitrogens with one attached hydrogen (secondary N) is 1. The highest BCUT2D eigenvalue weighted by Gasteiger charge is 2.41. The van der Waals surface area contributed by atoms with Crippen molar-refractivity contribution >= 4 is 20.9 Å². The first-order chi connectivity index (χ1) is 16.2. The molecule has 34 heavy (non-hydrogen) atoms. The van der Waals surface area contributed by atoms with Gasteiger partial charge in [-0.15, -0.1) is 0 Å². The van der Waals surface area contributed by atoms with Crippen molar-refractivity contribution in [3.8, 4) is 0 Å². The second-order valence-electron chi connectivity index (χ2n) is 9.11. The van der Waals surface area contributed by atoms with Crippen LogP contribution in [0.15, 0.2) is 75.4 Å². The zero-order valence-corrected chi connectivity index (χ0v) is 19.7.